The number of carbonyl (C=O) groups excluding carboxylic acids is 1. The maximum atomic E-state index is 12.0. The van der Waals surface area contributed by atoms with E-state index in [1.54, 1.807) is 12.1 Å². The van der Waals surface area contributed by atoms with Gasteiger partial charge in [0.25, 0.3) is 0 Å². The monoisotopic (exact) mass is 368 g/mol. The first-order valence-electron chi connectivity index (χ1n) is 8.58. The molecule has 1 amide bonds. The van der Waals surface area contributed by atoms with E-state index in [2.05, 4.69) is 10.5 Å². The minimum absolute atomic E-state index is 0.265. The smallest absolute Gasteiger partial charge is 0.410 e. The zero-order chi connectivity index (χ0) is 19.7. The van der Waals surface area contributed by atoms with Crippen LogP contribution in [0, 0.1) is 4.91 Å². The molecular weight excluding hydrogens is 347 g/mol. The van der Waals surface area contributed by atoms with Crippen LogP contribution in [0.25, 0.3) is 0 Å². The second-order valence-corrected chi connectivity index (χ2v) is 7.31. The highest BCUT2D eigenvalue weighted by atomic mass is 16.7. The molecule has 7 nitrogen and oxygen atoms in total. The fourth-order valence-electron chi connectivity index (χ4n) is 2.53. The van der Waals surface area contributed by atoms with Crippen LogP contribution < -0.4 is 15.5 Å². The fraction of sp³-hybridized carbons (Fsp3) is 0.316. The van der Waals surface area contributed by atoms with E-state index >= 15 is 0 Å². The molecule has 3 rings (SSSR count). The lowest BCUT2D eigenvalue weighted by atomic mass is 9.79. The van der Waals surface area contributed by atoms with Crippen molar-refractivity contribution in [2.45, 2.75) is 38.9 Å². The average molecular weight is 368 g/mol. The van der Waals surface area contributed by atoms with Gasteiger partial charge in [0, 0.05) is 5.69 Å². The second-order valence-electron chi connectivity index (χ2n) is 7.31. The van der Waals surface area contributed by atoms with Crippen LogP contribution in [0.3, 0.4) is 0 Å². The minimum Gasteiger partial charge on any atom is -0.410 e. The van der Waals surface area contributed by atoms with Gasteiger partial charge < -0.3 is 14.0 Å². The third kappa shape index (κ3) is 4.18. The highest BCUT2D eigenvalue weighted by molar-refractivity contribution is 6.62. The van der Waals surface area contributed by atoms with Crippen LogP contribution >= 0.6 is 0 Å². The molecule has 0 unspecified atom stereocenters. The van der Waals surface area contributed by atoms with Crippen molar-refractivity contribution in [1.82, 2.24) is 0 Å². The van der Waals surface area contributed by atoms with Gasteiger partial charge in [-0.05, 0) is 74.7 Å². The van der Waals surface area contributed by atoms with E-state index in [-0.39, 0.29) is 5.69 Å². The number of ether oxygens (including phenoxy) is 1. The molecule has 0 bridgehead atoms. The summed E-state index contributed by atoms with van der Waals surface area (Å²) in [5.41, 5.74) is 0.887. The lowest BCUT2D eigenvalue weighted by Gasteiger charge is -2.32. The molecule has 140 valence electrons. The van der Waals surface area contributed by atoms with Gasteiger partial charge in [-0.1, -0.05) is 12.1 Å². The van der Waals surface area contributed by atoms with Crippen molar-refractivity contribution in [3.05, 3.63) is 53.4 Å². The van der Waals surface area contributed by atoms with Crippen LogP contribution in [0.2, 0.25) is 0 Å². The summed E-state index contributed by atoms with van der Waals surface area (Å²) in [4.78, 5) is 22.4. The van der Waals surface area contributed by atoms with Crippen LogP contribution in [0.1, 0.15) is 27.7 Å². The summed E-state index contributed by atoms with van der Waals surface area (Å²) >= 11 is 0. The molecule has 0 aliphatic carbocycles. The van der Waals surface area contributed by atoms with Crippen molar-refractivity contribution in [3.8, 4) is 5.75 Å². The Bertz CT molecular complexity index is 818. The van der Waals surface area contributed by atoms with Gasteiger partial charge in [-0.2, -0.15) is 0 Å². The number of nitrogens with one attached hydrogen (secondary N) is 1. The number of carbonyl (C=O) groups is 1. The maximum Gasteiger partial charge on any atom is 0.494 e. The Morgan fingerprint density at radius 1 is 0.963 bits per heavy atom. The molecule has 1 saturated heterocycles. The first kappa shape index (κ1) is 19.1. The second kappa shape index (κ2) is 7.13. The molecule has 1 N–H and O–H groups in total. The standard InChI is InChI=1S/C19H21BN2O5/c1-18(2)19(3,4)27-20(26-18)13-5-7-14(8-6-13)21-17(23)25-16-11-9-15(22-24)10-12-16/h5-12H,1-4H3,(H,21,23). The summed E-state index contributed by atoms with van der Waals surface area (Å²) in [5.74, 6) is 0.314. The van der Waals surface area contributed by atoms with Gasteiger partial charge in [0.15, 0.2) is 0 Å². The quantitative estimate of drug-likeness (QED) is 0.651. The molecule has 0 saturated carbocycles. The number of amides is 1. The van der Waals surface area contributed by atoms with Gasteiger partial charge in [-0.3, -0.25) is 5.32 Å². The Labute approximate surface area is 158 Å². The van der Waals surface area contributed by atoms with Crippen LogP contribution in [-0.2, 0) is 9.31 Å². The van der Waals surface area contributed by atoms with E-state index in [4.69, 9.17) is 14.0 Å². The van der Waals surface area contributed by atoms with Gasteiger partial charge in [0.05, 0.1) is 11.2 Å². The Balaban J connectivity index is 1.60. The minimum atomic E-state index is -0.634. The third-order valence-corrected chi connectivity index (χ3v) is 4.84. The third-order valence-electron chi connectivity index (χ3n) is 4.84. The van der Waals surface area contributed by atoms with Crippen LogP contribution in [0.5, 0.6) is 5.75 Å². The molecule has 1 aliphatic heterocycles. The Morgan fingerprint density at radius 2 is 1.52 bits per heavy atom. The number of anilines is 1. The average Bonchev–Trinajstić information content (AvgIpc) is 2.84. The van der Waals surface area contributed by atoms with Crippen molar-refractivity contribution in [2.75, 3.05) is 5.32 Å². The summed E-state index contributed by atoms with van der Waals surface area (Å²) in [7, 11) is -0.457. The highest BCUT2D eigenvalue weighted by Crippen LogP contribution is 2.36. The Kier molecular flexibility index (Phi) is 5.04. The summed E-state index contributed by atoms with van der Waals surface area (Å²) in [6.07, 6.45) is -0.634. The van der Waals surface area contributed by atoms with Crippen molar-refractivity contribution in [1.29, 1.82) is 0 Å². The van der Waals surface area contributed by atoms with Crippen LogP contribution in [0.4, 0.5) is 16.2 Å². The summed E-state index contributed by atoms with van der Waals surface area (Å²) < 4.78 is 17.2. The number of hydrogen-bond donors (Lipinski definition) is 1. The SMILES string of the molecule is CC1(C)OB(c2ccc(NC(=O)Oc3ccc(N=O)cc3)cc2)OC1(C)C. The lowest BCUT2D eigenvalue weighted by Crippen LogP contribution is -2.41. The fourth-order valence-corrected chi connectivity index (χ4v) is 2.53. The topological polar surface area (TPSA) is 86.2 Å². The molecule has 0 spiro atoms. The van der Waals surface area contributed by atoms with E-state index in [0.717, 1.165) is 5.46 Å². The molecular formula is C19H21BN2O5. The number of rotatable bonds is 4. The Hall–Kier alpha value is -2.71. The first-order valence-corrected chi connectivity index (χ1v) is 8.58. The predicted molar refractivity (Wildman–Crippen MR) is 104 cm³/mol. The molecule has 0 atom stereocenters. The van der Waals surface area contributed by atoms with Gasteiger partial charge in [-0.15, -0.1) is 4.91 Å². The number of nitroso groups, excluding NO2 is 1. The number of benzene rings is 2. The van der Waals surface area contributed by atoms with Crippen molar-refractivity contribution in [3.63, 3.8) is 0 Å². The van der Waals surface area contributed by atoms with Crippen molar-refractivity contribution >= 4 is 30.0 Å². The number of hydrogen-bond acceptors (Lipinski definition) is 6. The van der Waals surface area contributed by atoms with E-state index < -0.39 is 24.4 Å². The highest BCUT2D eigenvalue weighted by Gasteiger charge is 2.51. The summed E-state index contributed by atoms with van der Waals surface area (Å²) in [6, 6.07) is 13.1. The van der Waals surface area contributed by atoms with Crippen molar-refractivity contribution in [2.24, 2.45) is 5.18 Å². The van der Waals surface area contributed by atoms with E-state index in [1.165, 1.54) is 24.3 Å². The van der Waals surface area contributed by atoms with E-state index in [1.807, 2.05) is 39.8 Å². The first-order chi connectivity index (χ1) is 12.7. The van der Waals surface area contributed by atoms with Gasteiger partial charge in [0.2, 0.25) is 0 Å². The van der Waals surface area contributed by atoms with Gasteiger partial charge >= 0.3 is 13.2 Å². The Morgan fingerprint density at radius 3 is 2.04 bits per heavy atom. The van der Waals surface area contributed by atoms with Crippen LogP contribution in [-0.4, -0.2) is 24.4 Å². The molecule has 2 aromatic carbocycles. The predicted octanol–water partition coefficient (Wildman–Crippen LogP) is 3.99. The molecule has 2 aromatic rings. The molecule has 1 aliphatic rings. The lowest BCUT2D eigenvalue weighted by molar-refractivity contribution is 0.00578. The van der Waals surface area contributed by atoms with E-state index in [0.29, 0.717) is 11.4 Å². The zero-order valence-corrected chi connectivity index (χ0v) is 15.7. The zero-order valence-electron chi connectivity index (χ0n) is 15.7. The number of nitrogens with zero attached hydrogens (tertiary/aromatic N) is 1. The molecule has 0 radical (unpaired) electrons. The van der Waals surface area contributed by atoms with Crippen molar-refractivity contribution < 1.29 is 18.8 Å². The van der Waals surface area contributed by atoms with Crippen LogP contribution in [0.15, 0.2) is 53.7 Å². The maximum absolute atomic E-state index is 12.0. The summed E-state index contributed by atoms with van der Waals surface area (Å²) in [6.45, 7) is 7.99. The molecule has 0 aromatic heterocycles. The van der Waals surface area contributed by atoms with Gasteiger partial charge in [-0.25, -0.2) is 4.79 Å². The van der Waals surface area contributed by atoms with Gasteiger partial charge in [0.1, 0.15) is 11.4 Å². The molecule has 1 fully saturated rings. The molecule has 1 heterocycles. The molecule has 27 heavy (non-hydrogen) atoms. The normalized spacial score (nSPS) is 17.4. The summed E-state index contributed by atoms with van der Waals surface area (Å²) in [5, 5.41) is 5.43. The largest absolute Gasteiger partial charge is 0.494 e. The van der Waals surface area contributed by atoms with E-state index in [9.17, 15) is 9.70 Å². The molecule has 8 heteroatoms.